The number of carbonyl (C=O) groups is 1. The van der Waals surface area contributed by atoms with Crippen LogP contribution in [0.5, 0.6) is 0 Å². The highest BCUT2D eigenvalue weighted by molar-refractivity contribution is 9.09. The summed E-state index contributed by atoms with van der Waals surface area (Å²) in [5, 5.41) is 0.713. The van der Waals surface area contributed by atoms with Gasteiger partial charge in [0.25, 0.3) is 0 Å². The van der Waals surface area contributed by atoms with Gasteiger partial charge in [0, 0.05) is 27.9 Å². The first-order chi connectivity index (χ1) is 3.31. The lowest BCUT2D eigenvalue weighted by Crippen LogP contribution is -2.10. The Morgan fingerprint density at radius 2 is 2.29 bits per heavy atom. The van der Waals surface area contributed by atoms with E-state index in [9.17, 15) is 4.79 Å². The van der Waals surface area contributed by atoms with Crippen molar-refractivity contribution >= 4 is 38.0 Å². The summed E-state index contributed by atoms with van der Waals surface area (Å²) in [4.78, 5) is 10.2. The van der Waals surface area contributed by atoms with Crippen LogP contribution in [0.25, 0.3) is 0 Å². The van der Waals surface area contributed by atoms with Gasteiger partial charge in [-0.1, -0.05) is 15.9 Å². The molecule has 0 aromatic rings. The van der Waals surface area contributed by atoms with Crippen molar-refractivity contribution in [2.75, 3.05) is 5.33 Å². The van der Waals surface area contributed by atoms with Gasteiger partial charge in [-0.2, -0.15) is 0 Å². The molecule has 0 aliphatic carbocycles. The third-order valence-corrected chi connectivity index (χ3v) is 1.27. The molecule has 0 rings (SSSR count). The van der Waals surface area contributed by atoms with E-state index in [4.69, 9.17) is 0 Å². The Balaban J connectivity index is 3.00. The highest BCUT2D eigenvalue weighted by Crippen LogP contribution is 1.87. The molecule has 7 heavy (non-hydrogen) atoms. The topological polar surface area (TPSA) is 29.1 Å². The summed E-state index contributed by atoms with van der Waals surface area (Å²) < 4.78 is 2.31. The van der Waals surface area contributed by atoms with Crippen LogP contribution in [0.4, 0.5) is 0 Å². The van der Waals surface area contributed by atoms with Crippen LogP contribution >= 0.6 is 32.1 Å². The molecule has 1 amide bonds. The van der Waals surface area contributed by atoms with Gasteiger partial charge in [0.1, 0.15) is 0 Å². The maximum absolute atomic E-state index is 10.2. The van der Waals surface area contributed by atoms with Gasteiger partial charge in [-0.15, -0.1) is 0 Å². The predicted molar refractivity (Wildman–Crippen MR) is 35.5 cm³/mol. The van der Waals surface area contributed by atoms with Crippen molar-refractivity contribution in [3.63, 3.8) is 0 Å². The van der Waals surface area contributed by atoms with Crippen molar-refractivity contribution < 1.29 is 4.79 Å². The Kier molecular flexibility index (Phi) is 4.87. The molecule has 0 aliphatic heterocycles. The van der Waals surface area contributed by atoms with Crippen LogP contribution in [0.2, 0.25) is 0 Å². The second-order valence-corrected chi connectivity index (χ2v) is 2.15. The predicted octanol–water partition coefficient (Wildman–Crippen LogP) is 1.20. The number of hydrogen-bond donors (Lipinski definition) is 1. The highest BCUT2D eigenvalue weighted by atomic mass is 79.9. The first-order valence-corrected chi connectivity index (χ1v) is 3.68. The van der Waals surface area contributed by atoms with Gasteiger partial charge in [-0.3, -0.25) is 9.14 Å². The summed E-state index contributed by atoms with van der Waals surface area (Å²) in [5.74, 6) is -0.00289. The molecule has 0 atom stereocenters. The lowest BCUT2D eigenvalue weighted by Gasteiger charge is -1.88. The number of rotatable bonds is 2. The molecule has 0 heterocycles. The molecule has 0 aliphatic rings. The van der Waals surface area contributed by atoms with E-state index in [0.717, 1.165) is 0 Å². The Bertz CT molecular complexity index is 66.0. The van der Waals surface area contributed by atoms with Crippen LogP contribution < -0.4 is 4.34 Å². The standard InChI is InChI=1S/C3H5Br2NO/c4-2-1-3(7)6-5/h1-2H2,(H,6,7). The lowest BCUT2D eigenvalue weighted by molar-refractivity contribution is -0.118. The number of alkyl halides is 1. The number of amides is 1. The van der Waals surface area contributed by atoms with E-state index in [1.807, 2.05) is 0 Å². The first-order valence-electron chi connectivity index (χ1n) is 1.76. The van der Waals surface area contributed by atoms with Crippen molar-refractivity contribution in [1.82, 2.24) is 4.34 Å². The van der Waals surface area contributed by atoms with E-state index in [-0.39, 0.29) is 5.91 Å². The van der Waals surface area contributed by atoms with Crippen molar-refractivity contribution in [3.05, 3.63) is 0 Å². The Hall–Kier alpha value is 0.430. The largest absolute Gasteiger partial charge is 0.293 e. The zero-order chi connectivity index (χ0) is 5.70. The van der Waals surface area contributed by atoms with E-state index in [1.54, 1.807) is 0 Å². The van der Waals surface area contributed by atoms with Crippen LogP contribution in [0, 0.1) is 0 Å². The molecule has 0 aromatic carbocycles. The third-order valence-electron chi connectivity index (χ3n) is 0.427. The smallest absolute Gasteiger partial charge is 0.230 e. The summed E-state index contributed by atoms with van der Waals surface area (Å²) in [5.41, 5.74) is 0. The Labute approximate surface area is 59.1 Å². The van der Waals surface area contributed by atoms with E-state index in [2.05, 4.69) is 36.4 Å². The van der Waals surface area contributed by atoms with Crippen LogP contribution in [0.3, 0.4) is 0 Å². The van der Waals surface area contributed by atoms with E-state index in [1.165, 1.54) is 0 Å². The minimum absolute atomic E-state index is 0.00289. The maximum atomic E-state index is 10.2. The Morgan fingerprint density at radius 3 is 2.43 bits per heavy atom. The van der Waals surface area contributed by atoms with Crippen molar-refractivity contribution in [2.45, 2.75) is 6.42 Å². The first kappa shape index (κ1) is 7.43. The fourth-order valence-corrected chi connectivity index (χ4v) is 0.691. The molecule has 42 valence electrons. The van der Waals surface area contributed by atoms with Crippen LogP contribution in [-0.4, -0.2) is 11.2 Å². The average Bonchev–Trinajstić information content (AvgIpc) is 1.68. The van der Waals surface area contributed by atoms with Gasteiger partial charge in [-0.05, 0) is 0 Å². The van der Waals surface area contributed by atoms with E-state index in [0.29, 0.717) is 11.8 Å². The summed E-state index contributed by atoms with van der Waals surface area (Å²) >= 11 is 5.90. The number of halogens is 2. The maximum Gasteiger partial charge on any atom is 0.230 e. The molecule has 0 bridgehead atoms. The zero-order valence-electron chi connectivity index (χ0n) is 3.58. The molecule has 4 heteroatoms. The van der Waals surface area contributed by atoms with Gasteiger partial charge in [0.2, 0.25) is 5.91 Å². The third kappa shape index (κ3) is 4.28. The highest BCUT2D eigenvalue weighted by Gasteiger charge is 1.92. The van der Waals surface area contributed by atoms with Crippen molar-refractivity contribution in [1.29, 1.82) is 0 Å². The van der Waals surface area contributed by atoms with E-state index >= 15 is 0 Å². The monoisotopic (exact) mass is 229 g/mol. The van der Waals surface area contributed by atoms with Gasteiger partial charge < -0.3 is 0 Å². The quantitative estimate of drug-likeness (QED) is 0.561. The van der Waals surface area contributed by atoms with Crippen molar-refractivity contribution in [3.8, 4) is 0 Å². The molecule has 2 nitrogen and oxygen atoms in total. The summed E-state index contributed by atoms with van der Waals surface area (Å²) in [6.45, 7) is 0. The molecule has 0 fully saturated rings. The normalized spacial score (nSPS) is 8.29. The summed E-state index contributed by atoms with van der Waals surface area (Å²) in [6.07, 6.45) is 0.519. The molecule has 0 unspecified atom stereocenters. The zero-order valence-corrected chi connectivity index (χ0v) is 6.75. The second kappa shape index (κ2) is 4.59. The van der Waals surface area contributed by atoms with Gasteiger partial charge in [0.15, 0.2) is 0 Å². The second-order valence-electron chi connectivity index (χ2n) is 0.957. The molecular formula is C3H5Br2NO. The van der Waals surface area contributed by atoms with Gasteiger partial charge in [-0.25, -0.2) is 0 Å². The number of hydrogen-bond acceptors (Lipinski definition) is 1. The van der Waals surface area contributed by atoms with Crippen LogP contribution in [-0.2, 0) is 4.79 Å². The van der Waals surface area contributed by atoms with Gasteiger partial charge in [0.05, 0.1) is 0 Å². The molecule has 1 N–H and O–H groups in total. The SMILES string of the molecule is O=C(CCBr)NBr. The molecule has 0 radical (unpaired) electrons. The molecule has 0 aromatic heterocycles. The molecule has 0 spiro atoms. The van der Waals surface area contributed by atoms with Gasteiger partial charge >= 0.3 is 0 Å². The van der Waals surface area contributed by atoms with Crippen LogP contribution in [0.15, 0.2) is 0 Å². The minimum atomic E-state index is -0.00289. The minimum Gasteiger partial charge on any atom is -0.293 e. The molecular weight excluding hydrogens is 226 g/mol. The Morgan fingerprint density at radius 1 is 1.71 bits per heavy atom. The van der Waals surface area contributed by atoms with Crippen molar-refractivity contribution in [2.24, 2.45) is 0 Å². The number of nitrogens with one attached hydrogen (secondary N) is 1. The van der Waals surface area contributed by atoms with E-state index < -0.39 is 0 Å². The summed E-state index contributed by atoms with van der Waals surface area (Å²) in [7, 11) is 0. The average molecular weight is 231 g/mol. The molecule has 0 saturated heterocycles. The fourth-order valence-electron chi connectivity index (χ4n) is 0.133. The fraction of sp³-hybridized carbons (Fsp3) is 0.667. The molecule has 0 saturated carbocycles. The lowest BCUT2D eigenvalue weighted by atomic mass is 10.5. The number of carbonyl (C=O) groups excluding carboxylic acids is 1. The summed E-state index contributed by atoms with van der Waals surface area (Å²) in [6, 6.07) is 0. The van der Waals surface area contributed by atoms with Crippen LogP contribution in [0.1, 0.15) is 6.42 Å².